The summed E-state index contributed by atoms with van der Waals surface area (Å²) in [6.07, 6.45) is 2.60. The summed E-state index contributed by atoms with van der Waals surface area (Å²) in [5, 5.41) is 21.0. The molecule has 2 amide bonds. The van der Waals surface area contributed by atoms with Gasteiger partial charge >= 0.3 is 12.0 Å². The van der Waals surface area contributed by atoms with Gasteiger partial charge in [0.1, 0.15) is 13.2 Å². The van der Waals surface area contributed by atoms with Crippen molar-refractivity contribution < 1.29 is 38.4 Å². The number of aliphatic hydroxyl groups is 1. The van der Waals surface area contributed by atoms with Gasteiger partial charge in [0.2, 0.25) is 0 Å². The number of nitrogens with one attached hydrogen (secondary N) is 3. The molecule has 1 heterocycles. The summed E-state index contributed by atoms with van der Waals surface area (Å²) in [7, 11) is 2.81. The third-order valence-corrected chi connectivity index (χ3v) is 7.95. The number of amides is 2. The fourth-order valence-corrected chi connectivity index (χ4v) is 5.31. The van der Waals surface area contributed by atoms with Gasteiger partial charge in [-0.25, -0.2) is 9.59 Å². The van der Waals surface area contributed by atoms with Crippen LogP contribution in [0.3, 0.4) is 0 Å². The van der Waals surface area contributed by atoms with Crippen molar-refractivity contribution in [3.8, 4) is 23.0 Å². The molecule has 14 heteroatoms. The summed E-state index contributed by atoms with van der Waals surface area (Å²) in [6, 6.07) is 12.7. The molecule has 0 unspecified atom stereocenters. The van der Waals surface area contributed by atoms with Crippen molar-refractivity contribution in [2.24, 2.45) is 5.10 Å². The van der Waals surface area contributed by atoms with Crippen LogP contribution in [-0.4, -0.2) is 57.0 Å². The van der Waals surface area contributed by atoms with Crippen LogP contribution in [-0.2, 0) is 22.6 Å². The number of hydrogen-bond donors (Lipinski definition) is 4. The number of halogens is 2. The molecule has 3 aromatic rings. The Kier molecular flexibility index (Phi) is 13.2. The van der Waals surface area contributed by atoms with Gasteiger partial charge in [-0.15, -0.1) is 6.58 Å². The minimum atomic E-state index is -1.19. The first-order chi connectivity index (χ1) is 23.6. The van der Waals surface area contributed by atoms with Crippen molar-refractivity contribution in [1.29, 1.82) is 0 Å². The largest absolute Gasteiger partial charge is 0.493 e. The molecule has 0 spiro atoms. The third kappa shape index (κ3) is 9.59. The number of hydrazone groups is 1. The van der Waals surface area contributed by atoms with Crippen LogP contribution in [0.15, 0.2) is 77.6 Å². The highest BCUT2D eigenvalue weighted by Gasteiger charge is 2.32. The number of nitrogens with zero attached hydrogens (tertiary/aromatic N) is 1. The molecule has 12 nitrogen and oxygen atoms in total. The summed E-state index contributed by atoms with van der Waals surface area (Å²) in [4.78, 5) is 24.7. The van der Waals surface area contributed by atoms with Gasteiger partial charge in [0.05, 0.1) is 48.7 Å². The van der Waals surface area contributed by atoms with E-state index in [0.29, 0.717) is 62.9 Å². The molecule has 0 aromatic heterocycles. The van der Waals surface area contributed by atoms with Crippen LogP contribution in [0.5, 0.6) is 23.0 Å². The normalized spacial score (nSPS) is 14.8. The summed E-state index contributed by atoms with van der Waals surface area (Å²) in [6.45, 7) is 7.66. The van der Waals surface area contributed by atoms with Crippen LogP contribution in [0.25, 0.3) is 0 Å². The third-order valence-electron chi connectivity index (χ3n) is 7.21. The van der Waals surface area contributed by atoms with E-state index in [1.165, 1.54) is 13.3 Å². The van der Waals surface area contributed by atoms with Crippen molar-refractivity contribution in [3.05, 3.63) is 105 Å². The van der Waals surface area contributed by atoms with Gasteiger partial charge < -0.3 is 39.4 Å². The summed E-state index contributed by atoms with van der Waals surface area (Å²) >= 11 is 12.2. The Morgan fingerprint density at radius 3 is 2.55 bits per heavy atom. The Labute approximate surface area is 294 Å². The molecule has 4 N–H and O–H groups in total. The van der Waals surface area contributed by atoms with E-state index < -0.39 is 24.3 Å². The molecular formula is C35H38Cl2N4O8. The van der Waals surface area contributed by atoms with Crippen LogP contribution < -0.4 is 35.0 Å². The lowest BCUT2D eigenvalue weighted by Crippen LogP contribution is -2.45. The van der Waals surface area contributed by atoms with E-state index >= 15 is 0 Å². The minimum absolute atomic E-state index is 0.181. The minimum Gasteiger partial charge on any atom is -0.493 e. The Bertz CT molecular complexity index is 1750. The zero-order valence-corrected chi connectivity index (χ0v) is 29.0. The predicted octanol–water partition coefficient (Wildman–Crippen LogP) is 5.83. The molecule has 4 rings (SSSR count). The average Bonchev–Trinajstić information content (AvgIpc) is 3.08. The summed E-state index contributed by atoms with van der Waals surface area (Å²) in [5.74, 6) is 1.16. The second-order valence-corrected chi connectivity index (χ2v) is 11.5. The average molecular weight is 714 g/mol. The number of rotatable bonds is 16. The van der Waals surface area contributed by atoms with Crippen molar-refractivity contribution in [3.63, 3.8) is 0 Å². The van der Waals surface area contributed by atoms with E-state index in [1.54, 1.807) is 56.5 Å². The Hall–Kier alpha value is -4.91. The van der Waals surface area contributed by atoms with Gasteiger partial charge in [-0.05, 0) is 73.4 Å². The predicted molar refractivity (Wildman–Crippen MR) is 187 cm³/mol. The molecule has 0 bridgehead atoms. The highest BCUT2D eigenvalue weighted by Crippen LogP contribution is 2.36. The number of hydrogen-bond acceptors (Lipinski definition) is 10. The van der Waals surface area contributed by atoms with Crippen LogP contribution in [0.4, 0.5) is 4.79 Å². The van der Waals surface area contributed by atoms with E-state index in [0.717, 1.165) is 11.1 Å². The van der Waals surface area contributed by atoms with Gasteiger partial charge in [0, 0.05) is 11.3 Å². The fraction of sp³-hybridized carbons (Fsp3) is 0.286. The van der Waals surface area contributed by atoms with E-state index in [2.05, 4.69) is 27.7 Å². The molecule has 0 radical (unpaired) electrons. The number of carbonyl (C=O) groups is 2. The molecular weight excluding hydrogens is 675 g/mol. The first kappa shape index (κ1) is 36.9. The first-order valence-electron chi connectivity index (χ1n) is 15.2. The molecule has 49 heavy (non-hydrogen) atoms. The van der Waals surface area contributed by atoms with Crippen molar-refractivity contribution in [2.75, 3.05) is 27.4 Å². The molecule has 0 aliphatic carbocycles. The fourth-order valence-electron chi connectivity index (χ4n) is 4.99. The lowest BCUT2D eigenvalue weighted by molar-refractivity contribution is -0.136. The standard InChI is InChI=1S/C35H38Cl2N4O8/c1-6-8-24-13-22(15-29(45-4)33(24)49-18-21-9-11-25(36)26(37)14-21)17-38-41-30(42)19-48-27-12-10-23(16-28(27)47-7-2)32-31(34(43)46-5)20(3)39-35(44)40-32/h6,9-17,30,32,41-42H,1,7-8,18-19H2,2-5H3,(H2,39,40,44)/b38-17-/t30-,32-/m0/s1. The van der Waals surface area contributed by atoms with Crippen molar-refractivity contribution in [2.45, 2.75) is 39.1 Å². The number of aliphatic hydroxyl groups excluding tert-OH is 1. The molecule has 0 saturated heterocycles. The number of allylic oxidation sites excluding steroid dienone is 2. The molecule has 0 saturated carbocycles. The molecule has 1 aliphatic rings. The van der Waals surface area contributed by atoms with E-state index in [4.69, 9.17) is 46.9 Å². The zero-order chi connectivity index (χ0) is 35.5. The van der Waals surface area contributed by atoms with Gasteiger partial charge in [-0.3, -0.25) is 5.43 Å². The van der Waals surface area contributed by atoms with Crippen LogP contribution >= 0.6 is 23.2 Å². The molecule has 3 aromatic carbocycles. The lowest BCUT2D eigenvalue weighted by atomic mass is 9.95. The number of urea groups is 1. The van der Waals surface area contributed by atoms with E-state index in [9.17, 15) is 14.7 Å². The molecule has 2 atom stereocenters. The van der Waals surface area contributed by atoms with Gasteiger partial charge in [-0.2, -0.15) is 5.10 Å². The second kappa shape index (κ2) is 17.5. The van der Waals surface area contributed by atoms with Crippen LogP contribution in [0, 0.1) is 0 Å². The molecule has 0 fully saturated rings. The number of benzene rings is 3. The quantitative estimate of drug-likeness (QED) is 0.0473. The molecule has 260 valence electrons. The SMILES string of the molecule is C=CCc1cc(/C=N\N[C@@H](O)COc2ccc([C@@H]3NC(=O)NC(C)=C3C(=O)OC)cc2OCC)cc(OC)c1OCc1ccc(Cl)c(Cl)c1. The Balaban J connectivity index is 1.43. The topological polar surface area (TPSA) is 149 Å². The number of methoxy groups -OCH3 is 2. The number of esters is 1. The number of carbonyl (C=O) groups excluding carboxylic acids is 2. The molecule has 1 aliphatic heterocycles. The number of ether oxygens (including phenoxy) is 5. The summed E-state index contributed by atoms with van der Waals surface area (Å²) < 4.78 is 28.3. The van der Waals surface area contributed by atoms with Gasteiger partial charge in [-0.1, -0.05) is 41.4 Å². The maximum absolute atomic E-state index is 12.5. The maximum atomic E-state index is 12.5. The zero-order valence-electron chi connectivity index (χ0n) is 27.5. The Morgan fingerprint density at radius 1 is 1.06 bits per heavy atom. The highest BCUT2D eigenvalue weighted by molar-refractivity contribution is 6.42. The van der Waals surface area contributed by atoms with Crippen molar-refractivity contribution >= 4 is 41.4 Å². The van der Waals surface area contributed by atoms with Crippen LogP contribution in [0.1, 0.15) is 42.1 Å². The Morgan fingerprint density at radius 2 is 1.86 bits per heavy atom. The highest BCUT2D eigenvalue weighted by atomic mass is 35.5. The van der Waals surface area contributed by atoms with Crippen molar-refractivity contribution in [1.82, 2.24) is 16.1 Å². The van der Waals surface area contributed by atoms with E-state index in [1.807, 2.05) is 19.1 Å². The van der Waals surface area contributed by atoms with Gasteiger partial charge in [0.15, 0.2) is 29.2 Å². The first-order valence-corrected chi connectivity index (χ1v) is 15.9. The van der Waals surface area contributed by atoms with Crippen LogP contribution in [0.2, 0.25) is 10.0 Å². The monoisotopic (exact) mass is 712 g/mol. The van der Waals surface area contributed by atoms with E-state index in [-0.39, 0.29) is 18.8 Å². The summed E-state index contributed by atoms with van der Waals surface area (Å²) in [5.41, 5.74) is 6.20. The maximum Gasteiger partial charge on any atom is 0.337 e. The second-order valence-electron chi connectivity index (χ2n) is 10.7. The lowest BCUT2D eigenvalue weighted by Gasteiger charge is -2.28. The smallest absolute Gasteiger partial charge is 0.337 e. The van der Waals surface area contributed by atoms with Gasteiger partial charge in [0.25, 0.3) is 0 Å².